The lowest BCUT2D eigenvalue weighted by Crippen LogP contribution is -2.24. The Balaban J connectivity index is 2.10. The molecular weight excluding hydrogens is 244 g/mol. The fourth-order valence-electron chi connectivity index (χ4n) is 2.29. The van der Waals surface area contributed by atoms with Crippen molar-refractivity contribution in [3.63, 3.8) is 0 Å². The zero-order chi connectivity index (χ0) is 13.3. The fraction of sp³-hybridized carbons (Fsp3) is 0.538. The molecule has 5 heteroatoms. The van der Waals surface area contributed by atoms with Crippen molar-refractivity contribution < 1.29 is 0 Å². The van der Waals surface area contributed by atoms with Gasteiger partial charge in [-0.25, -0.2) is 4.98 Å². The predicted octanol–water partition coefficient (Wildman–Crippen LogP) is 2.91. The number of thiazole rings is 1. The van der Waals surface area contributed by atoms with Crippen LogP contribution in [-0.2, 0) is 7.05 Å². The maximum atomic E-state index is 4.48. The molecule has 0 saturated carbocycles. The Morgan fingerprint density at radius 1 is 1.28 bits per heavy atom. The van der Waals surface area contributed by atoms with E-state index in [1.54, 1.807) is 11.3 Å². The topological polar surface area (TPSA) is 42.7 Å². The molecule has 2 heterocycles. The lowest BCUT2D eigenvalue weighted by molar-refractivity contribution is 0.472. The molecule has 0 aromatic carbocycles. The molecule has 18 heavy (non-hydrogen) atoms. The van der Waals surface area contributed by atoms with Crippen LogP contribution < -0.4 is 5.32 Å². The Morgan fingerprint density at radius 3 is 2.50 bits per heavy atom. The van der Waals surface area contributed by atoms with Crippen LogP contribution in [0.5, 0.6) is 0 Å². The SMILES string of the molecule is Cc1nc(C)c(C(C)NC(C)c2ccnn2C)s1. The average Bonchev–Trinajstić information content (AvgIpc) is 2.84. The Hall–Kier alpha value is -1.20. The van der Waals surface area contributed by atoms with Crippen molar-refractivity contribution in [3.8, 4) is 0 Å². The number of nitrogens with one attached hydrogen (secondary N) is 1. The summed E-state index contributed by atoms with van der Waals surface area (Å²) in [5.41, 5.74) is 2.33. The van der Waals surface area contributed by atoms with E-state index in [-0.39, 0.29) is 6.04 Å². The maximum Gasteiger partial charge on any atom is 0.0900 e. The van der Waals surface area contributed by atoms with Gasteiger partial charge < -0.3 is 5.32 Å². The van der Waals surface area contributed by atoms with Gasteiger partial charge in [0.15, 0.2) is 0 Å². The minimum Gasteiger partial charge on any atom is -0.301 e. The molecule has 2 unspecified atom stereocenters. The van der Waals surface area contributed by atoms with E-state index in [1.807, 2.05) is 17.9 Å². The second-order valence-corrected chi connectivity index (χ2v) is 5.91. The van der Waals surface area contributed by atoms with Crippen LogP contribution in [0.3, 0.4) is 0 Å². The highest BCUT2D eigenvalue weighted by Crippen LogP contribution is 2.26. The third kappa shape index (κ3) is 2.62. The first kappa shape index (κ1) is 13.2. The highest BCUT2D eigenvalue weighted by molar-refractivity contribution is 7.11. The van der Waals surface area contributed by atoms with Gasteiger partial charge in [-0.3, -0.25) is 4.68 Å². The first-order valence-electron chi connectivity index (χ1n) is 6.17. The summed E-state index contributed by atoms with van der Waals surface area (Å²) in [5, 5.41) is 8.94. The average molecular weight is 264 g/mol. The van der Waals surface area contributed by atoms with E-state index in [0.29, 0.717) is 6.04 Å². The molecule has 0 amide bonds. The Kier molecular flexibility index (Phi) is 3.82. The lowest BCUT2D eigenvalue weighted by Gasteiger charge is -2.19. The van der Waals surface area contributed by atoms with Crippen LogP contribution in [0.2, 0.25) is 0 Å². The lowest BCUT2D eigenvalue weighted by atomic mass is 10.1. The van der Waals surface area contributed by atoms with Crippen molar-refractivity contribution in [2.75, 3.05) is 0 Å². The third-order valence-corrected chi connectivity index (χ3v) is 4.39. The third-order valence-electron chi connectivity index (χ3n) is 3.14. The Bertz CT molecular complexity index is 529. The highest BCUT2D eigenvalue weighted by atomic mass is 32.1. The monoisotopic (exact) mass is 264 g/mol. The molecule has 0 spiro atoms. The van der Waals surface area contributed by atoms with Crippen molar-refractivity contribution in [2.45, 2.75) is 39.8 Å². The van der Waals surface area contributed by atoms with Gasteiger partial charge in [-0.05, 0) is 33.8 Å². The van der Waals surface area contributed by atoms with E-state index in [9.17, 15) is 0 Å². The van der Waals surface area contributed by atoms with Gasteiger partial charge in [0, 0.05) is 30.2 Å². The maximum absolute atomic E-state index is 4.48. The Labute approximate surface area is 112 Å². The second kappa shape index (κ2) is 5.20. The molecule has 2 rings (SSSR count). The molecule has 0 aliphatic carbocycles. The van der Waals surface area contributed by atoms with Gasteiger partial charge in [-0.1, -0.05) is 0 Å². The molecule has 0 aliphatic heterocycles. The summed E-state index contributed by atoms with van der Waals surface area (Å²) in [6.07, 6.45) is 1.83. The highest BCUT2D eigenvalue weighted by Gasteiger charge is 2.17. The zero-order valence-electron chi connectivity index (χ0n) is 11.6. The van der Waals surface area contributed by atoms with Gasteiger partial charge in [0.25, 0.3) is 0 Å². The first-order valence-corrected chi connectivity index (χ1v) is 6.98. The van der Waals surface area contributed by atoms with Crippen LogP contribution in [0.15, 0.2) is 12.3 Å². The van der Waals surface area contributed by atoms with E-state index < -0.39 is 0 Å². The van der Waals surface area contributed by atoms with Gasteiger partial charge in [0.2, 0.25) is 0 Å². The number of aromatic nitrogens is 3. The smallest absolute Gasteiger partial charge is 0.0900 e. The van der Waals surface area contributed by atoms with Crippen molar-refractivity contribution in [1.29, 1.82) is 0 Å². The van der Waals surface area contributed by atoms with Crippen LogP contribution >= 0.6 is 11.3 Å². The predicted molar refractivity (Wildman–Crippen MR) is 74.8 cm³/mol. The van der Waals surface area contributed by atoms with Crippen molar-refractivity contribution in [2.24, 2.45) is 7.05 Å². The molecule has 2 atom stereocenters. The Morgan fingerprint density at radius 2 is 2.00 bits per heavy atom. The van der Waals surface area contributed by atoms with E-state index in [4.69, 9.17) is 0 Å². The van der Waals surface area contributed by atoms with Crippen LogP contribution in [0.4, 0.5) is 0 Å². The number of hydrogen-bond donors (Lipinski definition) is 1. The molecule has 98 valence electrons. The van der Waals surface area contributed by atoms with Gasteiger partial charge in [-0.15, -0.1) is 11.3 Å². The molecule has 2 aromatic heterocycles. The standard InChI is InChI=1S/C13H20N4S/c1-8(12-6-7-14-17(12)5)15-9(2)13-10(3)16-11(4)18-13/h6-9,15H,1-5H3. The van der Waals surface area contributed by atoms with Crippen LogP contribution in [0.25, 0.3) is 0 Å². The van der Waals surface area contributed by atoms with Crippen molar-refractivity contribution in [1.82, 2.24) is 20.1 Å². The minimum atomic E-state index is 0.273. The minimum absolute atomic E-state index is 0.273. The van der Waals surface area contributed by atoms with Gasteiger partial charge in [0.1, 0.15) is 0 Å². The van der Waals surface area contributed by atoms with Gasteiger partial charge in [-0.2, -0.15) is 5.10 Å². The molecular formula is C13H20N4S. The summed E-state index contributed by atoms with van der Waals surface area (Å²) < 4.78 is 1.91. The van der Waals surface area contributed by atoms with Crippen molar-refractivity contribution in [3.05, 3.63) is 33.5 Å². The number of rotatable bonds is 4. The van der Waals surface area contributed by atoms with E-state index in [0.717, 1.165) is 10.7 Å². The van der Waals surface area contributed by atoms with Gasteiger partial charge >= 0.3 is 0 Å². The fourth-order valence-corrected chi connectivity index (χ4v) is 3.23. The first-order chi connectivity index (χ1) is 8.49. The van der Waals surface area contributed by atoms with E-state index in [1.165, 1.54) is 10.6 Å². The largest absolute Gasteiger partial charge is 0.301 e. The number of aryl methyl sites for hydroxylation is 3. The normalized spacial score (nSPS) is 14.7. The van der Waals surface area contributed by atoms with Gasteiger partial charge in [0.05, 0.1) is 16.4 Å². The molecule has 2 aromatic rings. The number of hydrogen-bond acceptors (Lipinski definition) is 4. The molecule has 4 nitrogen and oxygen atoms in total. The second-order valence-electron chi connectivity index (χ2n) is 4.67. The van der Waals surface area contributed by atoms with E-state index >= 15 is 0 Å². The number of nitrogens with zero attached hydrogens (tertiary/aromatic N) is 3. The molecule has 0 saturated heterocycles. The summed E-state index contributed by atoms with van der Waals surface area (Å²) in [7, 11) is 1.97. The quantitative estimate of drug-likeness (QED) is 0.923. The molecule has 0 bridgehead atoms. The molecule has 0 fully saturated rings. The van der Waals surface area contributed by atoms with Crippen LogP contribution in [0.1, 0.15) is 47.2 Å². The molecule has 1 N–H and O–H groups in total. The summed E-state index contributed by atoms with van der Waals surface area (Å²) in [6, 6.07) is 2.63. The molecule has 0 aliphatic rings. The summed E-state index contributed by atoms with van der Waals surface area (Å²) in [4.78, 5) is 5.80. The molecule has 0 radical (unpaired) electrons. The zero-order valence-corrected chi connectivity index (χ0v) is 12.4. The summed E-state index contributed by atoms with van der Waals surface area (Å²) in [6.45, 7) is 8.48. The van der Waals surface area contributed by atoms with Crippen molar-refractivity contribution >= 4 is 11.3 Å². The van der Waals surface area contributed by atoms with E-state index in [2.05, 4.69) is 49.2 Å². The summed E-state index contributed by atoms with van der Waals surface area (Å²) in [5.74, 6) is 0. The van der Waals surface area contributed by atoms with Crippen LogP contribution in [0, 0.1) is 13.8 Å². The summed E-state index contributed by atoms with van der Waals surface area (Å²) >= 11 is 1.77. The van der Waals surface area contributed by atoms with Crippen LogP contribution in [-0.4, -0.2) is 14.8 Å².